The molecule has 4 rings (SSSR count). The molecular formula is C26H23ClN2O3. The molecule has 1 amide bonds. The second-order valence-electron chi connectivity index (χ2n) is 7.93. The highest BCUT2D eigenvalue weighted by atomic mass is 35.5. The van der Waals surface area contributed by atoms with Crippen molar-refractivity contribution in [2.24, 2.45) is 5.92 Å². The number of hydrogen-bond donors (Lipinski definition) is 1. The molecule has 162 valence electrons. The number of ether oxygens (including phenoxy) is 1. The molecule has 0 bridgehead atoms. The maximum absolute atomic E-state index is 13.1. The molecule has 3 aromatic rings. The van der Waals surface area contributed by atoms with E-state index in [0.717, 1.165) is 33.6 Å². The summed E-state index contributed by atoms with van der Waals surface area (Å²) in [6.45, 7) is 4.15. The predicted molar refractivity (Wildman–Crippen MR) is 127 cm³/mol. The number of esters is 1. The average Bonchev–Trinajstić information content (AvgIpc) is 3.11. The van der Waals surface area contributed by atoms with Crippen LogP contribution < -0.4 is 5.32 Å². The van der Waals surface area contributed by atoms with E-state index in [9.17, 15) is 9.59 Å². The van der Waals surface area contributed by atoms with Gasteiger partial charge in [-0.05, 0) is 52.9 Å². The van der Waals surface area contributed by atoms with Crippen LogP contribution in [0.5, 0.6) is 0 Å². The highest BCUT2D eigenvalue weighted by Crippen LogP contribution is 2.42. The number of amides is 1. The van der Waals surface area contributed by atoms with E-state index < -0.39 is 5.97 Å². The Hall–Kier alpha value is -3.44. The zero-order valence-electron chi connectivity index (χ0n) is 18.1. The van der Waals surface area contributed by atoms with Crippen molar-refractivity contribution >= 4 is 40.3 Å². The summed E-state index contributed by atoms with van der Waals surface area (Å²) in [5.74, 6) is -0.494. The Morgan fingerprint density at radius 3 is 2.47 bits per heavy atom. The van der Waals surface area contributed by atoms with Gasteiger partial charge in [0.2, 0.25) is 0 Å². The molecule has 1 aromatic heterocycles. The second-order valence-corrected chi connectivity index (χ2v) is 8.36. The van der Waals surface area contributed by atoms with Crippen molar-refractivity contribution in [2.45, 2.75) is 20.3 Å². The number of fused-ring (bicyclic) bond motifs is 1. The lowest BCUT2D eigenvalue weighted by Gasteiger charge is -2.17. The third-order valence-electron chi connectivity index (χ3n) is 5.45. The molecule has 2 aromatic carbocycles. The summed E-state index contributed by atoms with van der Waals surface area (Å²) < 4.78 is 4.79. The van der Waals surface area contributed by atoms with Gasteiger partial charge in [-0.1, -0.05) is 55.8 Å². The Balaban J connectivity index is 1.85. The lowest BCUT2D eigenvalue weighted by molar-refractivity contribution is -0.110. The number of methoxy groups -OCH3 is 1. The first kappa shape index (κ1) is 21.8. The predicted octanol–water partition coefficient (Wildman–Crippen LogP) is 5.63. The zero-order chi connectivity index (χ0) is 22.8. The van der Waals surface area contributed by atoms with E-state index in [1.165, 1.54) is 7.11 Å². The van der Waals surface area contributed by atoms with Crippen molar-refractivity contribution in [3.63, 3.8) is 0 Å². The normalized spacial score (nSPS) is 14.2. The molecule has 0 fully saturated rings. The largest absolute Gasteiger partial charge is 0.464 e. The van der Waals surface area contributed by atoms with Gasteiger partial charge in [0.05, 0.1) is 12.7 Å². The van der Waals surface area contributed by atoms with E-state index in [1.54, 1.807) is 12.1 Å². The Kier molecular flexibility index (Phi) is 6.10. The van der Waals surface area contributed by atoms with Gasteiger partial charge in [-0.3, -0.25) is 4.79 Å². The lowest BCUT2D eigenvalue weighted by atomic mass is 9.86. The molecule has 1 aliphatic heterocycles. The van der Waals surface area contributed by atoms with Crippen molar-refractivity contribution in [1.82, 2.24) is 4.98 Å². The molecule has 6 heteroatoms. The number of nitrogens with zero attached hydrogens (tertiary/aromatic N) is 1. The van der Waals surface area contributed by atoms with Gasteiger partial charge in [-0.2, -0.15) is 0 Å². The number of hydrogen-bond acceptors (Lipinski definition) is 4. The van der Waals surface area contributed by atoms with Gasteiger partial charge in [-0.25, -0.2) is 9.78 Å². The van der Waals surface area contributed by atoms with E-state index >= 15 is 0 Å². The van der Waals surface area contributed by atoms with E-state index in [1.807, 2.05) is 48.5 Å². The summed E-state index contributed by atoms with van der Waals surface area (Å²) in [7, 11) is 1.33. The number of carbonyl (C=O) groups is 2. The van der Waals surface area contributed by atoms with Crippen LogP contribution in [0.4, 0.5) is 5.69 Å². The van der Waals surface area contributed by atoms with Crippen LogP contribution in [0.15, 0.2) is 60.7 Å². The molecule has 0 saturated carbocycles. The molecule has 0 unspecified atom stereocenters. The number of benzene rings is 2. The monoisotopic (exact) mass is 446 g/mol. The number of aromatic nitrogens is 1. The van der Waals surface area contributed by atoms with Crippen LogP contribution in [0.2, 0.25) is 5.02 Å². The first-order chi connectivity index (χ1) is 15.4. The first-order valence-corrected chi connectivity index (χ1v) is 10.7. The number of halogens is 1. The van der Waals surface area contributed by atoms with Gasteiger partial charge in [0, 0.05) is 28.4 Å². The quantitative estimate of drug-likeness (QED) is 0.407. The van der Waals surface area contributed by atoms with Crippen molar-refractivity contribution < 1.29 is 14.3 Å². The highest BCUT2D eigenvalue weighted by molar-refractivity contribution is 6.37. The summed E-state index contributed by atoms with van der Waals surface area (Å²) in [6.07, 6.45) is 0.471. The van der Waals surface area contributed by atoms with Gasteiger partial charge >= 0.3 is 5.97 Å². The number of nitrogens with one attached hydrogen (secondary N) is 1. The topological polar surface area (TPSA) is 68.3 Å². The van der Waals surface area contributed by atoms with Crippen LogP contribution in [0.25, 0.3) is 11.1 Å². The maximum atomic E-state index is 13.1. The van der Waals surface area contributed by atoms with Crippen LogP contribution in [-0.2, 0) is 16.0 Å². The van der Waals surface area contributed by atoms with Crippen LogP contribution in [0, 0.1) is 5.92 Å². The van der Waals surface area contributed by atoms with Crippen LogP contribution in [0.1, 0.15) is 46.7 Å². The minimum Gasteiger partial charge on any atom is -0.464 e. The van der Waals surface area contributed by atoms with Gasteiger partial charge in [-0.15, -0.1) is 0 Å². The summed E-state index contributed by atoms with van der Waals surface area (Å²) in [6, 6.07) is 18.6. The van der Waals surface area contributed by atoms with E-state index in [2.05, 4.69) is 24.1 Å². The van der Waals surface area contributed by atoms with Crippen molar-refractivity contribution in [2.75, 3.05) is 12.4 Å². The summed E-state index contributed by atoms with van der Waals surface area (Å²) >= 11 is 6.09. The fourth-order valence-electron chi connectivity index (χ4n) is 4.09. The molecule has 32 heavy (non-hydrogen) atoms. The van der Waals surface area contributed by atoms with Crippen LogP contribution in [-0.4, -0.2) is 24.0 Å². The average molecular weight is 447 g/mol. The maximum Gasteiger partial charge on any atom is 0.356 e. The molecule has 1 aliphatic rings. The third-order valence-corrected chi connectivity index (χ3v) is 5.70. The molecule has 0 radical (unpaired) electrons. The van der Waals surface area contributed by atoms with Crippen molar-refractivity contribution in [3.8, 4) is 0 Å². The van der Waals surface area contributed by atoms with E-state index in [0.29, 0.717) is 17.0 Å². The van der Waals surface area contributed by atoms with Gasteiger partial charge in [0.25, 0.3) is 5.91 Å². The summed E-state index contributed by atoms with van der Waals surface area (Å²) in [5, 5.41) is 3.66. The zero-order valence-corrected chi connectivity index (χ0v) is 18.9. The molecule has 5 nitrogen and oxygen atoms in total. The Morgan fingerprint density at radius 2 is 1.78 bits per heavy atom. The van der Waals surface area contributed by atoms with Crippen molar-refractivity contribution in [3.05, 3.63) is 93.8 Å². The van der Waals surface area contributed by atoms with Gasteiger partial charge < -0.3 is 10.1 Å². The molecule has 0 aliphatic carbocycles. The molecule has 1 N–H and O–H groups in total. The molecule has 0 atom stereocenters. The second kappa shape index (κ2) is 8.97. The number of rotatable bonds is 5. The third kappa shape index (κ3) is 4.16. The van der Waals surface area contributed by atoms with Gasteiger partial charge in [0.1, 0.15) is 5.69 Å². The van der Waals surface area contributed by atoms with Crippen molar-refractivity contribution in [1.29, 1.82) is 0 Å². The smallest absolute Gasteiger partial charge is 0.356 e. The van der Waals surface area contributed by atoms with Crippen LogP contribution >= 0.6 is 11.6 Å². The molecule has 0 saturated heterocycles. The molecule has 2 heterocycles. The summed E-state index contributed by atoms with van der Waals surface area (Å²) in [5.41, 5.74) is 6.17. The number of allylic oxidation sites excluding steroid dienone is 1. The Morgan fingerprint density at radius 1 is 1.06 bits per heavy atom. The number of anilines is 1. The molecular weight excluding hydrogens is 424 g/mol. The minimum atomic E-state index is -0.479. The minimum absolute atomic E-state index is 0.108. The first-order valence-electron chi connectivity index (χ1n) is 10.4. The fourth-order valence-corrected chi connectivity index (χ4v) is 4.22. The van der Waals surface area contributed by atoms with E-state index in [-0.39, 0.29) is 17.5 Å². The SMILES string of the molecule is COC(=O)c1cccc(Cc2cccc3c2C(=C(c2ccc(Cl)cc2)C(C)C)C(=O)N3)n1. The molecule has 0 spiro atoms. The van der Waals surface area contributed by atoms with Gasteiger partial charge in [0.15, 0.2) is 0 Å². The fraction of sp³-hybridized carbons (Fsp3) is 0.192. The van der Waals surface area contributed by atoms with E-state index in [4.69, 9.17) is 16.3 Å². The number of pyridine rings is 1. The number of carbonyl (C=O) groups excluding carboxylic acids is 2. The lowest BCUT2D eigenvalue weighted by Crippen LogP contribution is -2.09. The summed E-state index contributed by atoms with van der Waals surface area (Å²) in [4.78, 5) is 29.5. The van der Waals surface area contributed by atoms with Crippen LogP contribution in [0.3, 0.4) is 0 Å². The Bertz CT molecular complexity index is 1230. The highest BCUT2D eigenvalue weighted by Gasteiger charge is 2.31. The standard InChI is InChI=1S/C26H23ClN2O3/c1-15(2)22(16-10-12-18(27)13-11-16)24-23-17(6-4-8-20(23)29-25(24)30)14-19-7-5-9-21(28-19)26(31)32-3/h4-13,15H,14H2,1-3H3,(H,29,30). The Labute approximate surface area is 192 Å².